The maximum Gasteiger partial charge on any atom is 0.426 e. The lowest BCUT2D eigenvalue weighted by atomic mass is 9.79. The molecular weight excluding hydrogens is 611 g/mol. The number of rotatable bonds is 11. The zero-order valence-corrected chi connectivity index (χ0v) is 23.6. The monoisotopic (exact) mass is 646 g/mol. The Bertz CT molecular complexity index is 975. The molecule has 0 spiro atoms. The molecule has 0 aliphatic heterocycles. The molecule has 250 valence electrons. The average Bonchev–Trinajstić information content (AvgIpc) is 3.48. The number of carbonyl (C=O) groups excluding carboxylic acids is 3. The van der Waals surface area contributed by atoms with Crippen LogP contribution in [0.25, 0.3) is 0 Å². The number of ether oxygens (including phenoxy) is 3. The van der Waals surface area contributed by atoms with Crippen LogP contribution in [0.1, 0.15) is 58.8 Å². The summed E-state index contributed by atoms with van der Waals surface area (Å²) in [7, 11) is 1.33. The largest absolute Gasteiger partial charge is 0.466 e. The number of methoxy groups -OCH3 is 1. The SMILES string of the molecule is C=C(C)C(=O)OC.CC(O)(CCCOC(=O)C1C2CCC(C2)C1C(=O)OCCCC(O)(C(F)(F)F)C(F)(F)F)C(F)(F)F. The van der Waals surface area contributed by atoms with Gasteiger partial charge in [0.05, 0.1) is 32.2 Å². The van der Waals surface area contributed by atoms with Crippen molar-refractivity contribution in [3.05, 3.63) is 12.2 Å². The Balaban J connectivity index is 0.00000117. The van der Waals surface area contributed by atoms with E-state index >= 15 is 0 Å². The third kappa shape index (κ3) is 9.71. The van der Waals surface area contributed by atoms with Gasteiger partial charge < -0.3 is 24.4 Å². The molecule has 17 heteroatoms. The molecule has 5 unspecified atom stereocenters. The average molecular weight is 647 g/mol. The van der Waals surface area contributed by atoms with E-state index in [0.717, 1.165) is 0 Å². The van der Waals surface area contributed by atoms with E-state index in [1.54, 1.807) is 6.92 Å². The molecule has 8 nitrogen and oxygen atoms in total. The summed E-state index contributed by atoms with van der Waals surface area (Å²) in [4.78, 5) is 35.3. The third-order valence-electron chi connectivity index (χ3n) is 7.52. The van der Waals surface area contributed by atoms with Crippen LogP contribution < -0.4 is 0 Å². The van der Waals surface area contributed by atoms with Gasteiger partial charge in [0.1, 0.15) is 0 Å². The topological polar surface area (TPSA) is 119 Å². The first-order valence-corrected chi connectivity index (χ1v) is 13.1. The Morgan fingerprint density at radius 1 is 0.767 bits per heavy atom. The molecule has 2 fully saturated rings. The van der Waals surface area contributed by atoms with Crippen molar-refractivity contribution in [2.24, 2.45) is 23.7 Å². The number of alkyl halides is 9. The first kappa shape index (κ1) is 38.5. The van der Waals surface area contributed by atoms with Crippen LogP contribution in [-0.2, 0) is 28.6 Å². The molecule has 5 atom stereocenters. The van der Waals surface area contributed by atoms with Gasteiger partial charge in [-0.05, 0) is 70.6 Å². The van der Waals surface area contributed by atoms with Gasteiger partial charge >= 0.3 is 36.4 Å². The molecule has 0 aromatic carbocycles. The van der Waals surface area contributed by atoms with E-state index in [9.17, 15) is 59.0 Å². The second-order valence-electron chi connectivity index (χ2n) is 10.8. The molecule has 0 radical (unpaired) electrons. The van der Waals surface area contributed by atoms with Crippen LogP contribution in [0.4, 0.5) is 39.5 Å². The van der Waals surface area contributed by atoms with E-state index in [1.807, 2.05) is 0 Å². The van der Waals surface area contributed by atoms with Gasteiger partial charge in [0, 0.05) is 5.57 Å². The van der Waals surface area contributed by atoms with Crippen LogP contribution in [0.15, 0.2) is 12.2 Å². The number of aliphatic hydroxyl groups is 2. The number of hydrogen-bond donors (Lipinski definition) is 2. The predicted octanol–water partition coefficient (Wildman–Crippen LogP) is 5.20. The summed E-state index contributed by atoms with van der Waals surface area (Å²) in [5.41, 5.74) is -7.52. The second kappa shape index (κ2) is 14.5. The van der Waals surface area contributed by atoms with Crippen molar-refractivity contribution in [2.75, 3.05) is 20.3 Å². The summed E-state index contributed by atoms with van der Waals surface area (Å²) < 4.78 is 129. The van der Waals surface area contributed by atoms with E-state index in [-0.39, 0.29) is 24.2 Å². The lowest BCUT2D eigenvalue weighted by Gasteiger charge is -2.32. The van der Waals surface area contributed by atoms with Gasteiger partial charge in [0.25, 0.3) is 5.60 Å². The van der Waals surface area contributed by atoms with Crippen molar-refractivity contribution >= 4 is 17.9 Å². The Kier molecular flexibility index (Phi) is 13.0. The Hall–Kier alpha value is -2.56. The van der Waals surface area contributed by atoms with Gasteiger partial charge in [-0.3, -0.25) is 9.59 Å². The zero-order valence-electron chi connectivity index (χ0n) is 23.6. The fourth-order valence-electron chi connectivity index (χ4n) is 5.01. The normalized spacial score (nSPS) is 23.5. The van der Waals surface area contributed by atoms with Crippen molar-refractivity contribution in [1.82, 2.24) is 0 Å². The smallest absolute Gasteiger partial charge is 0.426 e. The third-order valence-corrected chi connectivity index (χ3v) is 7.52. The van der Waals surface area contributed by atoms with Crippen molar-refractivity contribution in [3.63, 3.8) is 0 Å². The number of esters is 3. The lowest BCUT2D eigenvalue weighted by Crippen LogP contribution is -2.56. The minimum Gasteiger partial charge on any atom is -0.466 e. The molecular formula is C26H35F9O8. The van der Waals surface area contributed by atoms with Gasteiger partial charge in [0.2, 0.25) is 0 Å². The Labute approximate surface area is 241 Å². The molecule has 2 saturated carbocycles. The fourth-order valence-corrected chi connectivity index (χ4v) is 5.01. The van der Waals surface area contributed by atoms with E-state index in [4.69, 9.17) is 14.6 Å². The molecule has 0 heterocycles. The number of halogens is 9. The Morgan fingerprint density at radius 2 is 1.16 bits per heavy atom. The van der Waals surface area contributed by atoms with E-state index < -0.39 is 86.0 Å². The lowest BCUT2D eigenvalue weighted by molar-refractivity contribution is -0.370. The molecule has 2 aliphatic rings. The van der Waals surface area contributed by atoms with E-state index in [0.29, 0.717) is 31.8 Å². The summed E-state index contributed by atoms with van der Waals surface area (Å²) in [6.07, 6.45) is -19.2. The molecule has 0 aromatic rings. The summed E-state index contributed by atoms with van der Waals surface area (Å²) in [6, 6.07) is 0. The van der Waals surface area contributed by atoms with Gasteiger partial charge in [-0.1, -0.05) is 6.58 Å². The summed E-state index contributed by atoms with van der Waals surface area (Å²) in [5.74, 6) is -4.92. The summed E-state index contributed by atoms with van der Waals surface area (Å²) in [5, 5.41) is 18.5. The van der Waals surface area contributed by atoms with Crippen molar-refractivity contribution < 1.29 is 78.3 Å². The first-order chi connectivity index (χ1) is 19.4. The molecule has 2 aliphatic carbocycles. The van der Waals surface area contributed by atoms with Gasteiger partial charge in [-0.15, -0.1) is 0 Å². The highest BCUT2D eigenvalue weighted by atomic mass is 19.4. The van der Waals surface area contributed by atoms with Crippen molar-refractivity contribution in [3.8, 4) is 0 Å². The van der Waals surface area contributed by atoms with Crippen LogP contribution in [-0.4, -0.2) is 78.2 Å². The minimum absolute atomic E-state index is 0.293. The number of carbonyl (C=O) groups is 3. The maximum absolute atomic E-state index is 12.7. The van der Waals surface area contributed by atoms with Crippen molar-refractivity contribution in [2.45, 2.75) is 88.5 Å². The van der Waals surface area contributed by atoms with Crippen LogP contribution >= 0.6 is 0 Å². The molecule has 0 saturated heterocycles. The first-order valence-electron chi connectivity index (χ1n) is 13.1. The van der Waals surface area contributed by atoms with E-state index in [1.165, 1.54) is 7.11 Å². The fraction of sp³-hybridized carbons (Fsp3) is 0.808. The molecule has 2 N–H and O–H groups in total. The van der Waals surface area contributed by atoms with Crippen LogP contribution in [0.2, 0.25) is 0 Å². The second-order valence-corrected chi connectivity index (χ2v) is 10.8. The predicted molar refractivity (Wildman–Crippen MR) is 129 cm³/mol. The van der Waals surface area contributed by atoms with Crippen LogP contribution in [0.5, 0.6) is 0 Å². The van der Waals surface area contributed by atoms with Crippen molar-refractivity contribution in [1.29, 1.82) is 0 Å². The van der Waals surface area contributed by atoms with Gasteiger partial charge in [-0.2, -0.15) is 39.5 Å². The molecule has 43 heavy (non-hydrogen) atoms. The van der Waals surface area contributed by atoms with Crippen LogP contribution in [0.3, 0.4) is 0 Å². The number of hydrogen-bond acceptors (Lipinski definition) is 8. The van der Waals surface area contributed by atoms with E-state index in [2.05, 4.69) is 11.3 Å². The summed E-state index contributed by atoms with van der Waals surface area (Å²) in [6.45, 7) is 4.20. The quantitative estimate of drug-likeness (QED) is 0.103. The molecule has 2 rings (SSSR count). The molecule has 2 bridgehead atoms. The van der Waals surface area contributed by atoms with Gasteiger partial charge in [-0.25, -0.2) is 4.79 Å². The number of fused-ring (bicyclic) bond motifs is 2. The highest BCUT2D eigenvalue weighted by molar-refractivity contribution is 5.86. The standard InChI is InChI=1S/C21H27F9O6.C5H8O2/c1-17(33,19(22,23)24)6-2-8-35-15(31)13-11-4-5-12(10-11)14(13)16(32)36-9-3-7-18(34,20(25,26)27)21(28,29)30;1-4(2)5(6)7-3/h11-14,33-34H,2-10H2,1H3;1H2,2-3H3. The minimum atomic E-state index is -6.00. The van der Waals surface area contributed by atoms with Gasteiger partial charge in [0.15, 0.2) is 5.60 Å². The highest BCUT2D eigenvalue weighted by Crippen LogP contribution is 2.53. The zero-order chi connectivity index (χ0) is 33.6. The highest BCUT2D eigenvalue weighted by Gasteiger charge is 2.69. The molecule has 0 amide bonds. The maximum atomic E-state index is 12.7. The Morgan fingerprint density at radius 3 is 1.47 bits per heavy atom. The van der Waals surface area contributed by atoms with Crippen LogP contribution in [0, 0.1) is 23.7 Å². The molecule has 0 aromatic heterocycles. The summed E-state index contributed by atoms with van der Waals surface area (Å²) >= 11 is 0.